The van der Waals surface area contributed by atoms with Crippen molar-refractivity contribution in [2.45, 2.75) is 24.7 Å². The molecule has 1 aromatic carbocycles. The van der Waals surface area contributed by atoms with E-state index in [1.165, 1.54) is 48.0 Å². The average Bonchev–Trinajstić information content (AvgIpc) is 2.67. The second kappa shape index (κ2) is 8.51. The summed E-state index contributed by atoms with van der Waals surface area (Å²) in [7, 11) is -1.98. The summed E-state index contributed by atoms with van der Waals surface area (Å²) in [5, 5.41) is 9.12. The number of hydrogen-bond donors (Lipinski definition) is 1. The van der Waals surface area contributed by atoms with E-state index in [4.69, 9.17) is 5.11 Å². The zero-order valence-corrected chi connectivity index (χ0v) is 16.2. The lowest BCUT2D eigenvalue weighted by atomic mass is 9.98. The lowest BCUT2D eigenvalue weighted by Gasteiger charge is -2.32. The van der Waals surface area contributed by atoms with Gasteiger partial charge in [-0.15, -0.1) is 0 Å². The molecule has 0 aliphatic carbocycles. The Bertz CT molecular complexity index is 836. The molecule has 1 aromatic rings. The van der Waals surface area contributed by atoms with Crippen molar-refractivity contribution in [1.29, 1.82) is 0 Å². The minimum Gasteiger partial charge on any atom is -0.481 e. The van der Waals surface area contributed by atoms with Crippen LogP contribution in [-0.4, -0.2) is 73.5 Å². The maximum absolute atomic E-state index is 12.6. The lowest BCUT2D eigenvalue weighted by molar-refractivity contribution is -0.145. The Balaban J connectivity index is 2.06. The number of benzene rings is 1. The van der Waals surface area contributed by atoms with E-state index < -0.39 is 27.6 Å². The van der Waals surface area contributed by atoms with Crippen LogP contribution in [-0.2, 0) is 19.4 Å². The number of rotatable bonds is 6. The molecule has 9 heteroatoms. The van der Waals surface area contributed by atoms with Crippen molar-refractivity contribution in [2.75, 3.05) is 32.4 Å². The van der Waals surface area contributed by atoms with Crippen molar-refractivity contribution in [1.82, 2.24) is 9.80 Å². The summed E-state index contributed by atoms with van der Waals surface area (Å²) in [6, 6.07) is 5.73. The molecule has 1 aliphatic heterocycles. The van der Waals surface area contributed by atoms with Gasteiger partial charge in [0.1, 0.15) is 0 Å². The van der Waals surface area contributed by atoms with Crippen LogP contribution >= 0.6 is 0 Å². The molecule has 1 fully saturated rings. The molecular weight excluding hydrogens is 372 g/mol. The number of sulfone groups is 1. The third-order valence-electron chi connectivity index (χ3n) is 4.66. The molecule has 2 rings (SSSR count). The lowest BCUT2D eigenvalue weighted by Crippen LogP contribution is -2.46. The van der Waals surface area contributed by atoms with Gasteiger partial charge in [0.25, 0.3) is 5.91 Å². The summed E-state index contributed by atoms with van der Waals surface area (Å²) in [6.45, 7) is 1.93. The van der Waals surface area contributed by atoms with Crippen molar-refractivity contribution in [3.63, 3.8) is 0 Å². The first-order chi connectivity index (χ1) is 12.7. The van der Waals surface area contributed by atoms with E-state index in [0.29, 0.717) is 19.4 Å². The summed E-state index contributed by atoms with van der Waals surface area (Å²) in [5.41, 5.74) is 0.182. The van der Waals surface area contributed by atoms with Crippen LogP contribution in [0.1, 0.15) is 30.1 Å². The highest BCUT2D eigenvalue weighted by Crippen LogP contribution is 2.18. The minimum absolute atomic E-state index is 0.0657. The number of aliphatic carboxylic acids is 1. The summed E-state index contributed by atoms with van der Waals surface area (Å²) >= 11 is 0. The molecule has 27 heavy (non-hydrogen) atoms. The van der Waals surface area contributed by atoms with E-state index in [2.05, 4.69) is 0 Å². The van der Waals surface area contributed by atoms with Crippen LogP contribution in [0.25, 0.3) is 0 Å². The summed E-state index contributed by atoms with van der Waals surface area (Å²) in [4.78, 5) is 38.9. The van der Waals surface area contributed by atoms with Gasteiger partial charge in [-0.1, -0.05) is 13.0 Å². The highest BCUT2D eigenvalue weighted by atomic mass is 32.2. The minimum atomic E-state index is -3.44. The van der Waals surface area contributed by atoms with Crippen molar-refractivity contribution in [3.05, 3.63) is 29.8 Å². The molecule has 0 spiro atoms. The summed E-state index contributed by atoms with van der Waals surface area (Å²) in [5.74, 6) is -2.37. The van der Waals surface area contributed by atoms with Crippen LogP contribution in [0.2, 0.25) is 0 Å². The molecule has 0 bridgehead atoms. The number of nitrogens with zero attached hydrogens (tertiary/aromatic N) is 2. The average molecular weight is 396 g/mol. The molecule has 0 saturated carbocycles. The number of carboxylic acid groups (broad SMARTS) is 1. The first-order valence-corrected chi connectivity index (χ1v) is 10.4. The van der Waals surface area contributed by atoms with Crippen LogP contribution in [0.15, 0.2) is 29.2 Å². The van der Waals surface area contributed by atoms with Crippen LogP contribution in [0.5, 0.6) is 0 Å². The number of amides is 2. The molecule has 148 valence electrons. The van der Waals surface area contributed by atoms with Gasteiger partial charge in [-0.2, -0.15) is 0 Å². The maximum Gasteiger partial charge on any atom is 0.308 e. The second-order valence-corrected chi connectivity index (χ2v) is 8.89. The normalized spacial score (nSPS) is 17.4. The fourth-order valence-corrected chi connectivity index (χ4v) is 3.92. The number of piperidine rings is 1. The molecule has 1 unspecified atom stereocenters. The number of carbonyl (C=O) groups excluding carboxylic acids is 2. The Morgan fingerprint density at radius 2 is 2.00 bits per heavy atom. The fourth-order valence-electron chi connectivity index (χ4n) is 2.99. The number of likely N-dealkylation sites (tertiary alicyclic amines) is 1. The van der Waals surface area contributed by atoms with E-state index in [9.17, 15) is 22.8 Å². The van der Waals surface area contributed by atoms with Gasteiger partial charge in [0, 0.05) is 25.7 Å². The zero-order chi connectivity index (χ0) is 20.2. The predicted octanol–water partition coefficient (Wildman–Crippen LogP) is 0.875. The third-order valence-corrected chi connectivity index (χ3v) is 6.39. The molecule has 1 N–H and O–H groups in total. The van der Waals surface area contributed by atoms with E-state index in [0.717, 1.165) is 0 Å². The van der Waals surface area contributed by atoms with Gasteiger partial charge in [0.05, 0.1) is 23.1 Å². The number of carboxylic acids is 1. The van der Waals surface area contributed by atoms with Crippen LogP contribution < -0.4 is 0 Å². The van der Waals surface area contributed by atoms with Gasteiger partial charge < -0.3 is 14.9 Å². The van der Waals surface area contributed by atoms with Gasteiger partial charge in [0.15, 0.2) is 9.84 Å². The summed E-state index contributed by atoms with van der Waals surface area (Å²) < 4.78 is 24.0. The number of carbonyl (C=O) groups is 3. The fraction of sp³-hybridized carbons (Fsp3) is 0.500. The predicted molar refractivity (Wildman–Crippen MR) is 98.1 cm³/mol. The Labute approximate surface area is 158 Å². The topological polar surface area (TPSA) is 112 Å². The molecule has 0 radical (unpaired) electrons. The van der Waals surface area contributed by atoms with Crippen LogP contribution in [0.3, 0.4) is 0 Å². The molecule has 0 aromatic heterocycles. The van der Waals surface area contributed by atoms with Crippen LogP contribution in [0.4, 0.5) is 0 Å². The zero-order valence-electron chi connectivity index (χ0n) is 15.4. The Kier molecular flexibility index (Phi) is 6.59. The van der Waals surface area contributed by atoms with E-state index in [1.807, 2.05) is 0 Å². The van der Waals surface area contributed by atoms with E-state index >= 15 is 0 Å². The van der Waals surface area contributed by atoms with Crippen molar-refractivity contribution >= 4 is 27.6 Å². The number of likely N-dealkylation sites (N-methyl/N-ethyl adjacent to an activating group) is 1. The van der Waals surface area contributed by atoms with Crippen molar-refractivity contribution < 1.29 is 27.9 Å². The smallest absolute Gasteiger partial charge is 0.308 e. The third kappa shape index (κ3) is 5.06. The second-order valence-electron chi connectivity index (χ2n) is 6.61. The standard InChI is InChI=1S/C18H24N2O6S/c1-3-27(25,26)15-8-4-6-13(10-15)17(22)19(2)12-16(21)20-9-5-7-14(11-20)18(23)24/h4,6,8,10,14H,3,5,7,9,11-12H2,1-2H3,(H,23,24). The van der Waals surface area contributed by atoms with Gasteiger partial charge >= 0.3 is 5.97 Å². The van der Waals surface area contributed by atoms with Gasteiger partial charge in [-0.25, -0.2) is 8.42 Å². The van der Waals surface area contributed by atoms with E-state index in [-0.39, 0.29) is 35.2 Å². The summed E-state index contributed by atoms with van der Waals surface area (Å²) in [6.07, 6.45) is 1.14. The molecule has 1 aliphatic rings. The highest BCUT2D eigenvalue weighted by molar-refractivity contribution is 7.91. The molecule has 1 heterocycles. The molecule has 2 amide bonds. The Morgan fingerprint density at radius 3 is 2.63 bits per heavy atom. The molecule has 1 atom stereocenters. The Morgan fingerprint density at radius 1 is 1.30 bits per heavy atom. The largest absolute Gasteiger partial charge is 0.481 e. The highest BCUT2D eigenvalue weighted by Gasteiger charge is 2.29. The van der Waals surface area contributed by atoms with Gasteiger partial charge in [-0.05, 0) is 31.0 Å². The molecule has 1 saturated heterocycles. The van der Waals surface area contributed by atoms with E-state index in [1.54, 1.807) is 0 Å². The van der Waals surface area contributed by atoms with Gasteiger partial charge in [-0.3, -0.25) is 14.4 Å². The van der Waals surface area contributed by atoms with Crippen molar-refractivity contribution in [3.8, 4) is 0 Å². The molecular formula is C18H24N2O6S. The monoisotopic (exact) mass is 396 g/mol. The quantitative estimate of drug-likeness (QED) is 0.764. The SMILES string of the molecule is CCS(=O)(=O)c1cccc(C(=O)N(C)CC(=O)N2CCCC(C(=O)O)C2)c1. The first-order valence-electron chi connectivity index (χ1n) is 8.74. The first kappa shape index (κ1) is 20.9. The number of hydrogen-bond acceptors (Lipinski definition) is 5. The maximum atomic E-state index is 12.6. The van der Waals surface area contributed by atoms with Crippen molar-refractivity contribution in [2.24, 2.45) is 5.92 Å². The van der Waals surface area contributed by atoms with Crippen LogP contribution in [0, 0.1) is 5.92 Å². The molecule has 8 nitrogen and oxygen atoms in total. The Hall–Kier alpha value is -2.42. The van der Waals surface area contributed by atoms with Gasteiger partial charge in [0.2, 0.25) is 5.91 Å².